The van der Waals surface area contributed by atoms with Gasteiger partial charge in [0.1, 0.15) is 5.75 Å². The van der Waals surface area contributed by atoms with Gasteiger partial charge in [-0.25, -0.2) is 9.77 Å². The van der Waals surface area contributed by atoms with Crippen molar-refractivity contribution >= 4 is 35.4 Å². The highest BCUT2D eigenvalue weighted by Crippen LogP contribution is 2.32. The van der Waals surface area contributed by atoms with E-state index in [1.54, 1.807) is 29.2 Å². The summed E-state index contributed by atoms with van der Waals surface area (Å²) in [5, 5.41) is 8.05. The predicted octanol–water partition coefficient (Wildman–Crippen LogP) is 4.45. The first-order valence-corrected chi connectivity index (χ1v) is 8.69. The van der Waals surface area contributed by atoms with Crippen LogP contribution in [0.1, 0.15) is 12.5 Å². The van der Waals surface area contributed by atoms with Gasteiger partial charge in [-0.15, -0.1) is 0 Å². The first-order chi connectivity index (χ1) is 12.1. The summed E-state index contributed by atoms with van der Waals surface area (Å²) in [5.74, 6) is 1.25. The lowest BCUT2D eigenvalue weighted by molar-refractivity contribution is 0.337. The van der Waals surface area contributed by atoms with Gasteiger partial charge < -0.3 is 10.2 Å². The third-order valence-electron chi connectivity index (χ3n) is 3.41. The predicted molar refractivity (Wildman–Crippen MR) is 101 cm³/mol. The molecule has 0 aliphatic carbocycles. The van der Waals surface area contributed by atoms with Gasteiger partial charge in [0.05, 0.1) is 18.2 Å². The van der Waals surface area contributed by atoms with Gasteiger partial charge in [0, 0.05) is 28.5 Å². The van der Waals surface area contributed by atoms with E-state index in [4.69, 9.17) is 40.2 Å². The van der Waals surface area contributed by atoms with E-state index in [9.17, 15) is 0 Å². The quantitative estimate of drug-likeness (QED) is 0.603. The molecule has 2 N–H and O–H groups in total. The van der Waals surface area contributed by atoms with Crippen LogP contribution in [-0.2, 0) is 6.54 Å². The van der Waals surface area contributed by atoms with Crippen LogP contribution in [0.25, 0.3) is 11.4 Å². The van der Waals surface area contributed by atoms with E-state index < -0.39 is 0 Å². The molecule has 0 fully saturated rings. The molecule has 2 aromatic heterocycles. The van der Waals surface area contributed by atoms with E-state index in [-0.39, 0.29) is 0 Å². The van der Waals surface area contributed by atoms with Crippen molar-refractivity contribution in [3.8, 4) is 17.1 Å². The molecule has 0 unspecified atom stereocenters. The van der Waals surface area contributed by atoms with Crippen molar-refractivity contribution in [1.29, 1.82) is 0 Å². The van der Waals surface area contributed by atoms with E-state index in [0.29, 0.717) is 39.5 Å². The number of aromatic nitrogens is 4. The summed E-state index contributed by atoms with van der Waals surface area (Å²) in [4.78, 5) is 4.01. The number of benzene rings is 1. The third kappa shape index (κ3) is 3.95. The zero-order valence-electron chi connectivity index (χ0n) is 13.3. The van der Waals surface area contributed by atoms with E-state index in [1.165, 1.54) is 0 Å². The second kappa shape index (κ2) is 7.86. The van der Waals surface area contributed by atoms with Crippen molar-refractivity contribution in [1.82, 2.24) is 19.9 Å². The second-order valence-corrected chi connectivity index (χ2v) is 6.30. The van der Waals surface area contributed by atoms with Crippen molar-refractivity contribution in [2.24, 2.45) is 0 Å². The number of rotatable bonds is 6. The standard InChI is InChI=1S/C16H15Cl2N5OS/c1-2-24-14-11(7-12(17)8-13(14)18)9-20-23-15(21-22-16(23)25)10-3-5-19-6-4-10/h3-8,20H,2,9H2,1H3,(H,22,25). The lowest BCUT2D eigenvalue weighted by atomic mass is 10.2. The highest BCUT2D eigenvalue weighted by Gasteiger charge is 2.13. The summed E-state index contributed by atoms with van der Waals surface area (Å²) in [6.45, 7) is 2.80. The molecule has 0 saturated carbocycles. The molecule has 1 aromatic carbocycles. The summed E-state index contributed by atoms with van der Waals surface area (Å²) in [7, 11) is 0. The monoisotopic (exact) mass is 395 g/mol. The van der Waals surface area contributed by atoms with Crippen molar-refractivity contribution in [2.45, 2.75) is 13.5 Å². The Labute approximate surface area is 159 Å². The highest BCUT2D eigenvalue weighted by atomic mass is 35.5. The van der Waals surface area contributed by atoms with Crippen molar-refractivity contribution in [3.05, 3.63) is 57.0 Å². The number of nitrogens with one attached hydrogen (secondary N) is 2. The minimum atomic E-state index is 0.404. The number of hydrogen-bond donors (Lipinski definition) is 2. The van der Waals surface area contributed by atoms with Gasteiger partial charge in [0.2, 0.25) is 4.77 Å². The molecule has 3 rings (SSSR count). The van der Waals surface area contributed by atoms with Crippen LogP contribution in [0.4, 0.5) is 0 Å². The average Bonchev–Trinajstić information content (AvgIpc) is 2.97. The minimum Gasteiger partial charge on any atom is -0.492 e. The van der Waals surface area contributed by atoms with Crippen LogP contribution >= 0.6 is 35.4 Å². The molecule has 3 aromatic rings. The van der Waals surface area contributed by atoms with Gasteiger partial charge in [0.25, 0.3) is 0 Å². The first kappa shape index (κ1) is 17.7. The zero-order chi connectivity index (χ0) is 17.8. The van der Waals surface area contributed by atoms with Crippen molar-refractivity contribution in [2.75, 3.05) is 12.0 Å². The highest BCUT2D eigenvalue weighted by molar-refractivity contribution is 7.71. The van der Waals surface area contributed by atoms with E-state index in [2.05, 4.69) is 20.6 Å². The number of halogens is 2. The largest absolute Gasteiger partial charge is 0.492 e. The molecular formula is C16H15Cl2N5OS. The zero-order valence-corrected chi connectivity index (χ0v) is 15.6. The molecule has 2 heterocycles. The molecule has 6 nitrogen and oxygen atoms in total. The molecular weight excluding hydrogens is 381 g/mol. The van der Waals surface area contributed by atoms with E-state index >= 15 is 0 Å². The Kier molecular flexibility index (Phi) is 5.57. The molecule has 130 valence electrons. The molecule has 0 spiro atoms. The summed E-state index contributed by atoms with van der Waals surface area (Å²) >= 11 is 17.7. The number of ether oxygens (including phenoxy) is 1. The topological polar surface area (TPSA) is 67.8 Å². The summed E-state index contributed by atoms with van der Waals surface area (Å²) in [6, 6.07) is 7.17. The van der Waals surface area contributed by atoms with Crippen LogP contribution in [0.5, 0.6) is 5.75 Å². The van der Waals surface area contributed by atoms with Crippen LogP contribution in [0, 0.1) is 4.77 Å². The smallest absolute Gasteiger partial charge is 0.214 e. The molecule has 9 heteroatoms. The fourth-order valence-electron chi connectivity index (χ4n) is 2.35. The van der Waals surface area contributed by atoms with Crippen LogP contribution in [-0.4, -0.2) is 26.5 Å². The Bertz CT molecular complexity index is 926. The van der Waals surface area contributed by atoms with Gasteiger partial charge in [-0.05, 0) is 43.4 Å². The van der Waals surface area contributed by atoms with E-state index in [1.807, 2.05) is 19.1 Å². The lowest BCUT2D eigenvalue weighted by Crippen LogP contribution is -2.16. The maximum Gasteiger partial charge on any atom is 0.214 e. The molecule has 0 aliphatic rings. The van der Waals surface area contributed by atoms with Crippen molar-refractivity contribution in [3.63, 3.8) is 0 Å². The Morgan fingerprint density at radius 3 is 2.76 bits per heavy atom. The Hall–Kier alpha value is -2.09. The number of hydrogen-bond acceptors (Lipinski definition) is 5. The molecule has 0 saturated heterocycles. The van der Waals surface area contributed by atoms with Crippen LogP contribution in [0.2, 0.25) is 10.0 Å². The maximum absolute atomic E-state index is 6.24. The molecule has 0 aliphatic heterocycles. The van der Waals surface area contributed by atoms with Gasteiger partial charge in [-0.1, -0.05) is 23.2 Å². The maximum atomic E-state index is 6.24. The Morgan fingerprint density at radius 1 is 1.28 bits per heavy atom. The molecule has 0 atom stereocenters. The summed E-state index contributed by atoms with van der Waals surface area (Å²) in [5.41, 5.74) is 4.93. The van der Waals surface area contributed by atoms with Crippen LogP contribution in [0.3, 0.4) is 0 Å². The third-order valence-corrected chi connectivity index (χ3v) is 4.19. The number of nitrogens with zero attached hydrogens (tertiary/aromatic N) is 3. The van der Waals surface area contributed by atoms with Crippen LogP contribution < -0.4 is 10.2 Å². The fraction of sp³-hybridized carbons (Fsp3) is 0.188. The Morgan fingerprint density at radius 2 is 2.04 bits per heavy atom. The van der Waals surface area contributed by atoms with Crippen molar-refractivity contribution < 1.29 is 4.74 Å². The Balaban J connectivity index is 1.91. The number of aromatic amines is 1. The van der Waals surface area contributed by atoms with Gasteiger partial charge in [-0.3, -0.25) is 4.98 Å². The summed E-state index contributed by atoms with van der Waals surface area (Å²) in [6.07, 6.45) is 3.39. The summed E-state index contributed by atoms with van der Waals surface area (Å²) < 4.78 is 7.77. The molecule has 0 amide bonds. The second-order valence-electron chi connectivity index (χ2n) is 5.07. The molecule has 25 heavy (non-hydrogen) atoms. The molecule has 0 radical (unpaired) electrons. The van der Waals surface area contributed by atoms with E-state index in [0.717, 1.165) is 11.1 Å². The minimum absolute atomic E-state index is 0.404. The number of pyridine rings is 1. The SMILES string of the molecule is CCOc1c(Cl)cc(Cl)cc1CNn1c(-c2ccncc2)n[nH]c1=S. The van der Waals surface area contributed by atoms with Gasteiger partial charge in [-0.2, -0.15) is 5.10 Å². The van der Waals surface area contributed by atoms with Gasteiger partial charge >= 0.3 is 0 Å². The molecule has 0 bridgehead atoms. The van der Waals surface area contributed by atoms with Crippen LogP contribution in [0.15, 0.2) is 36.7 Å². The first-order valence-electron chi connectivity index (χ1n) is 7.52. The normalized spacial score (nSPS) is 10.7. The average molecular weight is 396 g/mol. The lowest BCUT2D eigenvalue weighted by Gasteiger charge is -2.15. The fourth-order valence-corrected chi connectivity index (χ4v) is 3.14. The number of H-pyrrole nitrogens is 1. The van der Waals surface area contributed by atoms with Gasteiger partial charge in [0.15, 0.2) is 5.82 Å².